The first kappa shape index (κ1) is 26.8. The van der Waals surface area contributed by atoms with Crippen LogP contribution in [0.1, 0.15) is 74.5 Å². The molecule has 0 radical (unpaired) electrons. The Balaban J connectivity index is 1.36. The molecule has 0 bridgehead atoms. The third kappa shape index (κ3) is 4.88. The molecule has 3 aliphatic heterocycles. The largest absolute Gasteiger partial charge is 0.496 e. The standard InChI is InChI=1S/C33H43FN2O3/c1-22-17-26-30(38-2)14-13-28(34)31(26)33(21-39-22)20-35-19-27(33)32(37)36-16-15-25(23-9-5-3-6-10-23)18-29(36)24-11-7-4-8-12-24/h3,5-6,9-10,13-14,22,24-25,27,29,35H,4,7-8,11-12,15-21H2,1-2H3/p+1/t22?,25-,27?,29+,33+/m1/s1. The molecule has 2 aromatic rings. The summed E-state index contributed by atoms with van der Waals surface area (Å²) < 4.78 is 27.9. The van der Waals surface area contributed by atoms with Crippen LogP contribution in [0.5, 0.6) is 5.75 Å². The molecule has 1 saturated carbocycles. The summed E-state index contributed by atoms with van der Waals surface area (Å²) in [7, 11) is 1.64. The number of carbonyl (C=O) groups is 1. The molecule has 3 fully saturated rings. The Hall–Kier alpha value is -2.44. The van der Waals surface area contributed by atoms with Gasteiger partial charge in [0, 0.05) is 30.1 Å². The van der Waals surface area contributed by atoms with Crippen molar-refractivity contribution in [3.8, 4) is 5.75 Å². The molecule has 1 amide bonds. The molecule has 39 heavy (non-hydrogen) atoms. The SMILES string of the molecule is COc1ccc(F)c2c1CC(C)OC[C@]21C[NH2+]CC1C(=O)N1CC[C@@H](c2ccccc2)C[C@H]1C1CCCCC1. The lowest BCUT2D eigenvalue weighted by molar-refractivity contribution is -0.640. The minimum atomic E-state index is -0.691. The van der Waals surface area contributed by atoms with Crippen LogP contribution >= 0.6 is 0 Å². The normalized spacial score (nSPS) is 31.6. The fourth-order valence-electron chi connectivity index (χ4n) is 8.36. The van der Waals surface area contributed by atoms with E-state index in [4.69, 9.17) is 9.47 Å². The van der Waals surface area contributed by atoms with Crippen molar-refractivity contribution in [2.45, 2.75) is 81.8 Å². The molecule has 4 aliphatic rings. The Morgan fingerprint density at radius 3 is 2.67 bits per heavy atom. The second-order valence-corrected chi connectivity index (χ2v) is 12.5. The predicted octanol–water partition coefficient (Wildman–Crippen LogP) is 4.58. The van der Waals surface area contributed by atoms with Gasteiger partial charge in [-0.25, -0.2) is 4.39 Å². The highest BCUT2D eigenvalue weighted by Gasteiger charge is 2.57. The number of amides is 1. The molecule has 2 N–H and O–H groups in total. The highest BCUT2D eigenvalue weighted by Crippen LogP contribution is 2.46. The highest BCUT2D eigenvalue weighted by atomic mass is 19.1. The summed E-state index contributed by atoms with van der Waals surface area (Å²) in [5.41, 5.74) is 2.24. The fraction of sp³-hybridized carbons (Fsp3) is 0.606. The van der Waals surface area contributed by atoms with Gasteiger partial charge < -0.3 is 19.7 Å². The molecule has 1 spiro atoms. The Bertz CT molecular complexity index is 1170. The Labute approximate surface area is 232 Å². The van der Waals surface area contributed by atoms with E-state index < -0.39 is 5.41 Å². The van der Waals surface area contributed by atoms with E-state index in [2.05, 4.69) is 40.5 Å². The maximum absolute atomic E-state index is 15.8. The van der Waals surface area contributed by atoms with Crippen molar-refractivity contribution in [2.75, 3.05) is 33.4 Å². The number of fused-ring (bicyclic) bond motifs is 2. The molecule has 6 heteroatoms. The number of likely N-dealkylation sites (tertiary alicyclic amines) is 1. The quantitative estimate of drug-likeness (QED) is 0.624. The molecular formula is C33H44FN2O3+. The van der Waals surface area contributed by atoms with E-state index in [0.29, 0.717) is 49.3 Å². The van der Waals surface area contributed by atoms with Crippen molar-refractivity contribution in [1.82, 2.24) is 4.90 Å². The van der Waals surface area contributed by atoms with Crippen molar-refractivity contribution in [3.63, 3.8) is 0 Å². The van der Waals surface area contributed by atoms with Crippen molar-refractivity contribution in [2.24, 2.45) is 11.8 Å². The van der Waals surface area contributed by atoms with Crippen molar-refractivity contribution < 1.29 is 24.0 Å². The minimum Gasteiger partial charge on any atom is -0.496 e. The Kier molecular flexibility index (Phi) is 7.69. The summed E-state index contributed by atoms with van der Waals surface area (Å²) in [4.78, 5) is 17.0. The number of nitrogens with two attached hydrogens (primary N) is 1. The lowest BCUT2D eigenvalue weighted by Gasteiger charge is -2.46. The van der Waals surface area contributed by atoms with Gasteiger partial charge in [-0.15, -0.1) is 0 Å². The lowest BCUT2D eigenvalue weighted by atomic mass is 9.69. The molecule has 2 unspecified atom stereocenters. The first-order valence-electron chi connectivity index (χ1n) is 15.2. The summed E-state index contributed by atoms with van der Waals surface area (Å²) >= 11 is 0. The average Bonchev–Trinajstić information content (AvgIpc) is 3.34. The second-order valence-electron chi connectivity index (χ2n) is 12.5. The van der Waals surface area contributed by atoms with Crippen LogP contribution in [0.4, 0.5) is 4.39 Å². The van der Waals surface area contributed by atoms with E-state index in [0.717, 1.165) is 24.9 Å². The van der Waals surface area contributed by atoms with Crippen LogP contribution in [-0.4, -0.2) is 56.3 Å². The van der Waals surface area contributed by atoms with Gasteiger partial charge in [0.15, 0.2) is 0 Å². The molecule has 1 aliphatic carbocycles. The molecule has 0 aromatic heterocycles. The van der Waals surface area contributed by atoms with Crippen molar-refractivity contribution in [1.29, 1.82) is 0 Å². The summed E-state index contributed by atoms with van der Waals surface area (Å²) in [5.74, 6) is 1.38. The number of hydrogen-bond acceptors (Lipinski definition) is 3. The minimum absolute atomic E-state index is 0.0632. The third-order valence-electron chi connectivity index (χ3n) is 10.3. The molecular weight excluding hydrogens is 491 g/mol. The van der Waals surface area contributed by atoms with Gasteiger partial charge in [-0.3, -0.25) is 4.79 Å². The highest BCUT2D eigenvalue weighted by molar-refractivity contribution is 5.82. The van der Waals surface area contributed by atoms with Gasteiger partial charge >= 0.3 is 0 Å². The maximum atomic E-state index is 15.8. The zero-order valence-electron chi connectivity index (χ0n) is 23.5. The van der Waals surface area contributed by atoms with E-state index in [9.17, 15) is 4.79 Å². The van der Waals surface area contributed by atoms with Gasteiger partial charge in [-0.05, 0) is 62.1 Å². The zero-order chi connectivity index (χ0) is 27.0. The second kappa shape index (κ2) is 11.2. The molecule has 2 saturated heterocycles. The van der Waals surface area contributed by atoms with Crippen LogP contribution < -0.4 is 10.1 Å². The van der Waals surface area contributed by atoms with Crippen LogP contribution in [0.3, 0.4) is 0 Å². The number of nitrogens with zero attached hydrogens (tertiary/aromatic N) is 1. The van der Waals surface area contributed by atoms with Crippen LogP contribution in [0.2, 0.25) is 0 Å². The van der Waals surface area contributed by atoms with E-state index in [1.54, 1.807) is 13.2 Å². The van der Waals surface area contributed by atoms with E-state index in [1.165, 1.54) is 43.7 Å². The first-order valence-corrected chi connectivity index (χ1v) is 15.2. The number of methoxy groups -OCH3 is 1. The van der Waals surface area contributed by atoms with Crippen molar-refractivity contribution in [3.05, 3.63) is 65.0 Å². The Morgan fingerprint density at radius 2 is 1.90 bits per heavy atom. The van der Waals surface area contributed by atoms with Crippen LogP contribution in [0.15, 0.2) is 42.5 Å². The van der Waals surface area contributed by atoms with Gasteiger partial charge in [-0.2, -0.15) is 0 Å². The number of quaternary nitrogens is 1. The summed E-state index contributed by atoms with van der Waals surface area (Å²) in [6, 6.07) is 14.3. The number of halogens is 1. The summed E-state index contributed by atoms with van der Waals surface area (Å²) in [6.07, 6.45) is 8.74. The van der Waals surface area contributed by atoms with E-state index in [-0.39, 0.29) is 29.8 Å². The van der Waals surface area contributed by atoms with Gasteiger partial charge in [0.25, 0.3) is 0 Å². The van der Waals surface area contributed by atoms with Crippen LogP contribution in [0, 0.1) is 17.7 Å². The van der Waals surface area contributed by atoms with Gasteiger partial charge in [0.05, 0.1) is 38.3 Å². The number of carbonyl (C=O) groups excluding carboxylic acids is 1. The van der Waals surface area contributed by atoms with Crippen LogP contribution in [0.25, 0.3) is 0 Å². The number of benzene rings is 2. The van der Waals surface area contributed by atoms with Gasteiger partial charge in [0.1, 0.15) is 17.5 Å². The number of rotatable bonds is 4. The number of ether oxygens (including phenoxy) is 2. The number of hydrogen-bond donors (Lipinski definition) is 1. The Morgan fingerprint density at radius 1 is 1.10 bits per heavy atom. The van der Waals surface area contributed by atoms with Crippen molar-refractivity contribution >= 4 is 5.91 Å². The smallest absolute Gasteiger partial charge is 0.232 e. The molecule has 3 heterocycles. The first-order chi connectivity index (χ1) is 19.0. The monoisotopic (exact) mass is 535 g/mol. The summed E-state index contributed by atoms with van der Waals surface area (Å²) in [6.45, 7) is 4.50. The summed E-state index contributed by atoms with van der Waals surface area (Å²) in [5, 5.41) is 2.21. The molecule has 210 valence electrons. The molecule has 5 nitrogen and oxygen atoms in total. The van der Waals surface area contributed by atoms with E-state index >= 15 is 4.39 Å². The average molecular weight is 536 g/mol. The lowest BCUT2D eigenvalue weighted by Crippen LogP contribution is -2.82. The third-order valence-corrected chi connectivity index (χ3v) is 10.3. The van der Waals surface area contributed by atoms with Gasteiger partial charge in [-0.1, -0.05) is 49.6 Å². The fourth-order valence-corrected chi connectivity index (χ4v) is 8.36. The predicted molar refractivity (Wildman–Crippen MR) is 149 cm³/mol. The topological polar surface area (TPSA) is 55.4 Å². The number of piperidine rings is 1. The zero-order valence-corrected chi connectivity index (χ0v) is 23.5. The molecule has 6 rings (SSSR count). The maximum Gasteiger partial charge on any atom is 0.232 e. The molecule has 2 aromatic carbocycles. The van der Waals surface area contributed by atoms with Gasteiger partial charge in [0.2, 0.25) is 5.91 Å². The molecule has 5 atom stereocenters. The van der Waals surface area contributed by atoms with Crippen LogP contribution in [-0.2, 0) is 21.4 Å². The van der Waals surface area contributed by atoms with E-state index in [1.807, 2.05) is 6.92 Å².